The molecule has 0 N–H and O–H groups in total. The number of carbonyl (C=O) groups is 2. The van der Waals surface area contributed by atoms with Crippen molar-refractivity contribution in [3.8, 4) is 0 Å². The Morgan fingerprint density at radius 1 is 1.21 bits per heavy atom. The Morgan fingerprint density at radius 2 is 1.88 bits per heavy atom. The minimum Gasteiger partial charge on any atom is -0.466 e. The molecule has 5 heteroatoms. The number of carbonyl (C=O) groups excluding carboxylic acids is 2. The van der Waals surface area contributed by atoms with E-state index in [1.54, 1.807) is 13.8 Å². The number of rotatable bonds is 7. The van der Waals surface area contributed by atoms with Crippen LogP contribution in [0.15, 0.2) is 4.99 Å². The van der Waals surface area contributed by atoms with Crippen LogP contribution >= 0.6 is 0 Å². The Morgan fingerprint density at radius 3 is 2.38 bits per heavy atom. The zero-order chi connectivity index (χ0) is 18.0. The van der Waals surface area contributed by atoms with E-state index in [0.717, 1.165) is 18.6 Å². The van der Waals surface area contributed by atoms with Crippen LogP contribution in [0, 0.1) is 16.7 Å². The second-order valence-electron chi connectivity index (χ2n) is 7.68. The van der Waals surface area contributed by atoms with E-state index in [1.165, 1.54) is 6.42 Å². The summed E-state index contributed by atoms with van der Waals surface area (Å²) in [6.07, 6.45) is 3.85. The van der Waals surface area contributed by atoms with Crippen LogP contribution in [0.1, 0.15) is 66.7 Å². The zero-order valence-corrected chi connectivity index (χ0v) is 15.7. The van der Waals surface area contributed by atoms with Crippen molar-refractivity contribution in [1.29, 1.82) is 0 Å². The fourth-order valence-electron chi connectivity index (χ4n) is 4.27. The maximum atomic E-state index is 12.3. The molecule has 0 aliphatic heterocycles. The molecule has 2 rings (SSSR count). The first-order chi connectivity index (χ1) is 11.3. The minimum absolute atomic E-state index is 0.0480. The molecule has 0 aromatic rings. The molecule has 2 aliphatic rings. The van der Waals surface area contributed by atoms with E-state index in [0.29, 0.717) is 25.6 Å². The molecule has 2 saturated carbocycles. The van der Waals surface area contributed by atoms with Crippen LogP contribution < -0.4 is 0 Å². The van der Waals surface area contributed by atoms with Crippen molar-refractivity contribution in [3.63, 3.8) is 0 Å². The van der Waals surface area contributed by atoms with Gasteiger partial charge in [-0.3, -0.25) is 9.79 Å². The summed E-state index contributed by atoms with van der Waals surface area (Å²) < 4.78 is 10.1. The smallest absolute Gasteiger partial charge is 0.330 e. The quantitative estimate of drug-likeness (QED) is 0.666. The molecular formula is C19H31NO4. The lowest BCUT2D eigenvalue weighted by Gasteiger charge is -2.35. The van der Waals surface area contributed by atoms with Gasteiger partial charge in [-0.1, -0.05) is 20.8 Å². The highest BCUT2D eigenvalue weighted by molar-refractivity contribution is 5.96. The summed E-state index contributed by atoms with van der Waals surface area (Å²) in [7, 11) is 0. The van der Waals surface area contributed by atoms with E-state index >= 15 is 0 Å². The third-order valence-corrected chi connectivity index (χ3v) is 6.31. The Kier molecular flexibility index (Phi) is 5.71. The van der Waals surface area contributed by atoms with Gasteiger partial charge >= 0.3 is 11.9 Å². The van der Waals surface area contributed by atoms with Crippen molar-refractivity contribution < 1.29 is 19.1 Å². The largest absolute Gasteiger partial charge is 0.466 e. The van der Waals surface area contributed by atoms with Crippen molar-refractivity contribution in [3.05, 3.63) is 0 Å². The maximum absolute atomic E-state index is 12.3. The molecule has 0 unspecified atom stereocenters. The second-order valence-corrected chi connectivity index (χ2v) is 7.68. The first kappa shape index (κ1) is 18.9. The van der Waals surface area contributed by atoms with E-state index in [-0.39, 0.29) is 29.2 Å². The first-order valence-electron chi connectivity index (χ1n) is 9.15. The number of fused-ring (bicyclic) bond motifs is 2. The van der Waals surface area contributed by atoms with Crippen LogP contribution in [0.5, 0.6) is 0 Å². The molecule has 0 heterocycles. The lowest BCUT2D eigenvalue weighted by Crippen LogP contribution is -2.34. The number of hydrogen-bond donors (Lipinski definition) is 0. The van der Waals surface area contributed by atoms with Gasteiger partial charge < -0.3 is 9.47 Å². The molecule has 0 amide bonds. The van der Waals surface area contributed by atoms with Gasteiger partial charge in [0.2, 0.25) is 0 Å². The third-order valence-electron chi connectivity index (χ3n) is 6.31. The van der Waals surface area contributed by atoms with Crippen LogP contribution in [-0.4, -0.2) is 36.9 Å². The monoisotopic (exact) mass is 337 g/mol. The molecule has 2 bridgehead atoms. The molecule has 0 aromatic heterocycles. The lowest BCUT2D eigenvalue weighted by molar-refractivity contribution is -0.146. The molecule has 136 valence electrons. The van der Waals surface area contributed by atoms with E-state index < -0.39 is 6.04 Å². The Balaban J connectivity index is 2.16. The molecule has 0 radical (unpaired) electrons. The Labute approximate surface area is 145 Å². The normalized spacial score (nSPS) is 30.4. The van der Waals surface area contributed by atoms with E-state index in [9.17, 15) is 9.59 Å². The number of nitrogens with zero attached hydrogens (tertiary/aromatic N) is 1. The SMILES string of the molecule is CCOC(=O)CC[C@H](N=C1C[C@H]2CC[C@]1(C)C2(C)C)C(=O)OCC. The van der Waals surface area contributed by atoms with Crippen molar-refractivity contribution in [2.24, 2.45) is 21.7 Å². The standard InChI is InChI=1S/C19H31NO4/c1-6-23-16(21)9-8-14(17(22)24-7-2)20-15-12-13-10-11-19(15,5)18(13,3)4/h13-14H,6-12H2,1-5H3/t13-,14+,19+/m1/s1. The van der Waals surface area contributed by atoms with Crippen LogP contribution in [0.2, 0.25) is 0 Å². The molecule has 0 aromatic carbocycles. The summed E-state index contributed by atoms with van der Waals surface area (Å²) in [6.45, 7) is 11.1. The van der Waals surface area contributed by atoms with Gasteiger partial charge in [0.1, 0.15) is 6.04 Å². The summed E-state index contributed by atoms with van der Waals surface area (Å²) >= 11 is 0. The Bertz CT molecular complexity index is 525. The van der Waals surface area contributed by atoms with Crippen molar-refractivity contribution in [1.82, 2.24) is 0 Å². The summed E-state index contributed by atoms with van der Waals surface area (Å²) in [4.78, 5) is 28.7. The highest BCUT2D eigenvalue weighted by Gasteiger charge is 2.59. The third kappa shape index (κ3) is 3.35. The molecule has 3 atom stereocenters. The van der Waals surface area contributed by atoms with Crippen molar-refractivity contribution >= 4 is 17.7 Å². The zero-order valence-electron chi connectivity index (χ0n) is 15.7. The van der Waals surface area contributed by atoms with Crippen LogP contribution in [0.3, 0.4) is 0 Å². The number of esters is 2. The Hall–Kier alpha value is -1.39. The summed E-state index contributed by atoms with van der Waals surface area (Å²) in [5.74, 6) is 0.0131. The molecule has 0 saturated heterocycles. The van der Waals surface area contributed by atoms with Crippen LogP contribution in [0.4, 0.5) is 0 Å². The fourth-order valence-corrected chi connectivity index (χ4v) is 4.27. The summed E-state index contributed by atoms with van der Waals surface area (Å²) in [5.41, 5.74) is 1.39. The topological polar surface area (TPSA) is 65.0 Å². The van der Waals surface area contributed by atoms with Gasteiger partial charge in [-0.2, -0.15) is 0 Å². The van der Waals surface area contributed by atoms with Crippen LogP contribution in [-0.2, 0) is 19.1 Å². The van der Waals surface area contributed by atoms with Gasteiger partial charge in [-0.15, -0.1) is 0 Å². The van der Waals surface area contributed by atoms with Gasteiger partial charge in [-0.05, 0) is 50.9 Å². The minimum atomic E-state index is -0.601. The van der Waals surface area contributed by atoms with Crippen molar-refractivity contribution in [2.45, 2.75) is 72.8 Å². The van der Waals surface area contributed by atoms with Crippen LogP contribution in [0.25, 0.3) is 0 Å². The van der Waals surface area contributed by atoms with E-state index in [2.05, 4.69) is 20.8 Å². The van der Waals surface area contributed by atoms with Gasteiger partial charge in [0.05, 0.1) is 13.2 Å². The number of ether oxygens (including phenoxy) is 2. The molecular weight excluding hydrogens is 306 g/mol. The predicted octanol–water partition coefficient (Wildman–Crippen LogP) is 3.55. The summed E-state index contributed by atoms with van der Waals surface area (Å²) in [6, 6.07) is -0.601. The fraction of sp³-hybridized carbons (Fsp3) is 0.842. The van der Waals surface area contributed by atoms with Crippen molar-refractivity contribution in [2.75, 3.05) is 13.2 Å². The first-order valence-corrected chi connectivity index (χ1v) is 9.15. The van der Waals surface area contributed by atoms with E-state index in [1.807, 2.05) is 0 Å². The molecule has 2 aliphatic carbocycles. The highest BCUT2D eigenvalue weighted by atomic mass is 16.5. The number of hydrogen-bond acceptors (Lipinski definition) is 5. The molecule has 24 heavy (non-hydrogen) atoms. The highest BCUT2D eigenvalue weighted by Crippen LogP contribution is 2.64. The lowest BCUT2D eigenvalue weighted by atomic mass is 9.70. The van der Waals surface area contributed by atoms with Gasteiger partial charge in [0.15, 0.2) is 0 Å². The second kappa shape index (κ2) is 7.24. The molecule has 0 spiro atoms. The van der Waals surface area contributed by atoms with Gasteiger partial charge in [0, 0.05) is 17.5 Å². The van der Waals surface area contributed by atoms with E-state index in [4.69, 9.17) is 14.5 Å². The molecule has 2 fully saturated rings. The average molecular weight is 337 g/mol. The average Bonchev–Trinajstić information content (AvgIpc) is 2.85. The number of aliphatic imine (C=N–C) groups is 1. The van der Waals surface area contributed by atoms with Gasteiger partial charge in [0.25, 0.3) is 0 Å². The molecule has 5 nitrogen and oxygen atoms in total. The maximum Gasteiger partial charge on any atom is 0.330 e. The van der Waals surface area contributed by atoms with Gasteiger partial charge in [-0.25, -0.2) is 4.79 Å². The predicted molar refractivity (Wildman–Crippen MR) is 93.0 cm³/mol. The summed E-state index contributed by atoms with van der Waals surface area (Å²) in [5, 5.41) is 0.